The van der Waals surface area contributed by atoms with E-state index in [4.69, 9.17) is 9.47 Å². The summed E-state index contributed by atoms with van der Waals surface area (Å²) in [5.74, 6) is 0.137. The highest BCUT2D eigenvalue weighted by Gasteiger charge is 2.40. The highest BCUT2D eigenvalue weighted by Crippen LogP contribution is 2.38. The molecule has 0 unspecified atom stereocenters. The van der Waals surface area contributed by atoms with E-state index in [1.54, 1.807) is 31.2 Å². The monoisotopic (exact) mass is 390 g/mol. The molecule has 0 aliphatic carbocycles. The van der Waals surface area contributed by atoms with Crippen molar-refractivity contribution in [3.8, 4) is 11.5 Å². The van der Waals surface area contributed by atoms with Gasteiger partial charge in [0.2, 0.25) is 6.79 Å². The summed E-state index contributed by atoms with van der Waals surface area (Å²) in [6.45, 7) is 2.43. The molecule has 2 aromatic rings. The summed E-state index contributed by atoms with van der Waals surface area (Å²) in [5, 5.41) is 3.24. The Bertz CT molecular complexity index is 1070. The van der Waals surface area contributed by atoms with Crippen LogP contribution in [-0.2, 0) is 11.2 Å². The SMILES string of the molecule is C[C@H](C(=O)/C=C1\NCCc2cc3c(cc21)OCO3)N1C(=O)c2ccccc2C1=O. The molecule has 0 spiro atoms. The van der Waals surface area contributed by atoms with Gasteiger partial charge in [-0.1, -0.05) is 12.1 Å². The first-order chi connectivity index (χ1) is 14.0. The fourth-order valence-electron chi connectivity index (χ4n) is 3.95. The van der Waals surface area contributed by atoms with Crippen molar-refractivity contribution in [3.05, 3.63) is 64.7 Å². The molecule has 3 heterocycles. The third-order valence-electron chi connectivity index (χ3n) is 5.51. The predicted octanol–water partition coefficient (Wildman–Crippen LogP) is 2.16. The summed E-state index contributed by atoms with van der Waals surface area (Å²) in [4.78, 5) is 39.3. The van der Waals surface area contributed by atoms with Crippen molar-refractivity contribution in [1.82, 2.24) is 10.2 Å². The van der Waals surface area contributed by atoms with Crippen LogP contribution in [0.15, 0.2) is 42.5 Å². The number of amides is 2. The molecule has 0 saturated carbocycles. The molecule has 0 aromatic heterocycles. The zero-order valence-electron chi connectivity index (χ0n) is 15.7. The Hall–Kier alpha value is -3.61. The van der Waals surface area contributed by atoms with Crippen molar-refractivity contribution in [1.29, 1.82) is 0 Å². The molecule has 0 saturated heterocycles. The van der Waals surface area contributed by atoms with Crippen LogP contribution >= 0.6 is 0 Å². The number of ketones is 1. The third-order valence-corrected chi connectivity index (χ3v) is 5.51. The number of hydrogen-bond donors (Lipinski definition) is 1. The summed E-state index contributed by atoms with van der Waals surface area (Å²) in [6.07, 6.45) is 2.26. The van der Waals surface area contributed by atoms with Crippen LogP contribution in [0.4, 0.5) is 0 Å². The first kappa shape index (κ1) is 17.5. The van der Waals surface area contributed by atoms with Crippen molar-refractivity contribution < 1.29 is 23.9 Å². The van der Waals surface area contributed by atoms with E-state index in [0.717, 1.165) is 22.4 Å². The topological polar surface area (TPSA) is 84.9 Å². The quantitative estimate of drug-likeness (QED) is 0.639. The van der Waals surface area contributed by atoms with Gasteiger partial charge in [0.1, 0.15) is 6.04 Å². The van der Waals surface area contributed by atoms with Gasteiger partial charge in [-0.3, -0.25) is 19.3 Å². The number of nitrogens with one attached hydrogen (secondary N) is 1. The van der Waals surface area contributed by atoms with Crippen molar-refractivity contribution in [2.45, 2.75) is 19.4 Å². The van der Waals surface area contributed by atoms with Crippen LogP contribution in [0.25, 0.3) is 5.70 Å². The van der Waals surface area contributed by atoms with Gasteiger partial charge in [0, 0.05) is 23.9 Å². The molecule has 7 nitrogen and oxygen atoms in total. The highest BCUT2D eigenvalue weighted by atomic mass is 16.7. The van der Waals surface area contributed by atoms with E-state index in [9.17, 15) is 14.4 Å². The van der Waals surface area contributed by atoms with Gasteiger partial charge in [0.15, 0.2) is 17.3 Å². The molecular weight excluding hydrogens is 372 g/mol. The lowest BCUT2D eigenvalue weighted by atomic mass is 9.96. The number of rotatable bonds is 3. The fourth-order valence-corrected chi connectivity index (χ4v) is 3.95. The van der Waals surface area contributed by atoms with Crippen LogP contribution in [0, 0.1) is 0 Å². The Morgan fingerprint density at radius 2 is 1.72 bits per heavy atom. The predicted molar refractivity (Wildman–Crippen MR) is 104 cm³/mol. The van der Waals surface area contributed by atoms with Gasteiger partial charge in [-0.05, 0) is 43.2 Å². The molecule has 0 radical (unpaired) electrons. The second-order valence-electron chi connectivity index (χ2n) is 7.20. The molecule has 3 aliphatic rings. The first-order valence-electron chi connectivity index (χ1n) is 9.44. The molecule has 1 N–H and O–H groups in total. The first-order valence-corrected chi connectivity index (χ1v) is 9.44. The third kappa shape index (κ3) is 2.69. The van der Waals surface area contributed by atoms with Crippen LogP contribution in [0.3, 0.4) is 0 Å². The van der Waals surface area contributed by atoms with Crippen LogP contribution in [-0.4, -0.2) is 41.9 Å². The number of ether oxygens (including phenoxy) is 2. The molecule has 29 heavy (non-hydrogen) atoms. The van der Waals surface area contributed by atoms with E-state index in [0.29, 0.717) is 34.9 Å². The largest absolute Gasteiger partial charge is 0.454 e. The standard InChI is InChI=1S/C22H18N2O5/c1-12(24-21(26)14-4-2-3-5-15(14)22(24)27)18(25)10-17-16-9-20-19(28-11-29-20)8-13(16)6-7-23-17/h2-5,8-10,12,23H,6-7,11H2,1H3/b17-10-/t12-/m1/s1. The van der Waals surface area contributed by atoms with E-state index >= 15 is 0 Å². The second-order valence-corrected chi connectivity index (χ2v) is 7.20. The fraction of sp³-hybridized carbons (Fsp3) is 0.227. The smallest absolute Gasteiger partial charge is 0.262 e. The molecule has 2 aromatic carbocycles. The van der Waals surface area contributed by atoms with E-state index in [1.807, 2.05) is 12.1 Å². The Balaban J connectivity index is 1.45. The lowest BCUT2D eigenvalue weighted by molar-refractivity contribution is -0.117. The summed E-state index contributed by atoms with van der Waals surface area (Å²) < 4.78 is 10.9. The van der Waals surface area contributed by atoms with Gasteiger partial charge in [-0.25, -0.2) is 0 Å². The van der Waals surface area contributed by atoms with Gasteiger partial charge in [0.05, 0.1) is 11.1 Å². The molecule has 2 amide bonds. The number of nitrogens with zero attached hydrogens (tertiary/aromatic N) is 1. The maximum atomic E-state index is 13.0. The highest BCUT2D eigenvalue weighted by molar-refractivity contribution is 6.23. The molecule has 146 valence electrons. The molecule has 7 heteroatoms. The zero-order valence-corrected chi connectivity index (χ0v) is 15.7. The minimum atomic E-state index is -0.906. The van der Waals surface area contributed by atoms with Gasteiger partial charge in [-0.15, -0.1) is 0 Å². The maximum absolute atomic E-state index is 13.0. The van der Waals surface area contributed by atoms with Crippen molar-refractivity contribution in [2.75, 3.05) is 13.3 Å². The van der Waals surface area contributed by atoms with Crippen LogP contribution < -0.4 is 14.8 Å². The molecule has 3 aliphatic heterocycles. The summed E-state index contributed by atoms with van der Waals surface area (Å²) >= 11 is 0. The summed E-state index contributed by atoms with van der Waals surface area (Å²) in [7, 11) is 0. The van der Waals surface area contributed by atoms with Crippen molar-refractivity contribution in [3.63, 3.8) is 0 Å². The van der Waals surface area contributed by atoms with Gasteiger partial charge >= 0.3 is 0 Å². The Kier molecular flexibility index (Phi) is 3.91. The molecule has 1 atom stereocenters. The van der Waals surface area contributed by atoms with Gasteiger partial charge in [-0.2, -0.15) is 0 Å². The molecule has 5 rings (SSSR count). The number of hydrogen-bond acceptors (Lipinski definition) is 6. The van der Waals surface area contributed by atoms with Crippen LogP contribution in [0.2, 0.25) is 0 Å². The minimum Gasteiger partial charge on any atom is -0.454 e. The van der Waals surface area contributed by atoms with Gasteiger partial charge < -0.3 is 14.8 Å². The van der Waals surface area contributed by atoms with E-state index in [-0.39, 0.29) is 12.6 Å². The minimum absolute atomic E-state index is 0.181. The van der Waals surface area contributed by atoms with E-state index < -0.39 is 17.9 Å². The van der Waals surface area contributed by atoms with E-state index in [2.05, 4.69) is 5.32 Å². The average Bonchev–Trinajstić information content (AvgIpc) is 3.29. The number of imide groups is 1. The number of carbonyl (C=O) groups excluding carboxylic acids is 3. The lowest BCUT2D eigenvalue weighted by Crippen LogP contribution is -2.42. The van der Waals surface area contributed by atoms with E-state index in [1.165, 1.54) is 6.08 Å². The van der Waals surface area contributed by atoms with Gasteiger partial charge in [0.25, 0.3) is 11.8 Å². The lowest BCUT2D eigenvalue weighted by Gasteiger charge is -2.23. The van der Waals surface area contributed by atoms with Crippen LogP contribution in [0.5, 0.6) is 11.5 Å². The van der Waals surface area contributed by atoms with Crippen molar-refractivity contribution in [2.24, 2.45) is 0 Å². The molecule has 0 fully saturated rings. The average molecular weight is 390 g/mol. The molecule has 0 bridgehead atoms. The Labute approximate surface area is 166 Å². The summed E-state index contributed by atoms with van der Waals surface area (Å²) in [5.41, 5.74) is 3.24. The second kappa shape index (κ2) is 6.48. The summed E-state index contributed by atoms with van der Waals surface area (Å²) in [6, 6.07) is 9.50. The normalized spacial score (nSPS) is 19.1. The maximum Gasteiger partial charge on any atom is 0.262 e. The Morgan fingerprint density at radius 3 is 2.41 bits per heavy atom. The van der Waals surface area contributed by atoms with Crippen LogP contribution in [0.1, 0.15) is 38.8 Å². The Morgan fingerprint density at radius 1 is 1.07 bits per heavy atom. The molecular formula is C22H18N2O5. The number of fused-ring (bicyclic) bond motifs is 3. The number of carbonyl (C=O) groups is 3. The number of benzene rings is 2. The zero-order chi connectivity index (χ0) is 20.1. The van der Waals surface area contributed by atoms with Crippen molar-refractivity contribution >= 4 is 23.3 Å².